The van der Waals surface area contributed by atoms with Crippen LogP contribution in [-0.2, 0) is 5.75 Å². The zero-order valence-corrected chi connectivity index (χ0v) is 11.4. The Balaban J connectivity index is 2.13. The van der Waals surface area contributed by atoms with Crippen molar-refractivity contribution < 1.29 is 4.39 Å². The molecule has 2 N–H and O–H groups in total. The highest BCUT2D eigenvalue weighted by molar-refractivity contribution is 7.98. The van der Waals surface area contributed by atoms with Crippen molar-refractivity contribution in [2.24, 2.45) is 0 Å². The van der Waals surface area contributed by atoms with Gasteiger partial charge in [-0.05, 0) is 43.2 Å². The lowest BCUT2D eigenvalue weighted by Crippen LogP contribution is -1.92. The third kappa shape index (κ3) is 3.05. The lowest BCUT2D eigenvalue weighted by atomic mass is 10.2. The van der Waals surface area contributed by atoms with E-state index in [2.05, 4.69) is 32.0 Å². The highest BCUT2D eigenvalue weighted by Gasteiger charge is 2.05. The van der Waals surface area contributed by atoms with Crippen molar-refractivity contribution in [1.82, 2.24) is 0 Å². The van der Waals surface area contributed by atoms with Gasteiger partial charge in [-0.2, -0.15) is 0 Å². The topological polar surface area (TPSA) is 26.0 Å². The van der Waals surface area contributed by atoms with Crippen LogP contribution < -0.4 is 5.73 Å². The number of anilines is 1. The Kier molecular flexibility index (Phi) is 3.92. The number of benzene rings is 2. The minimum atomic E-state index is -0.229. The van der Waals surface area contributed by atoms with Crippen LogP contribution in [-0.4, -0.2) is 0 Å². The predicted octanol–water partition coefficient (Wildman–Crippen LogP) is 4.32. The summed E-state index contributed by atoms with van der Waals surface area (Å²) < 4.78 is 13.6. The molecule has 0 bridgehead atoms. The molecule has 0 fully saturated rings. The summed E-state index contributed by atoms with van der Waals surface area (Å²) in [5.41, 5.74) is 9.13. The third-order valence-electron chi connectivity index (χ3n) is 2.80. The first-order valence-electron chi connectivity index (χ1n) is 5.80. The zero-order valence-electron chi connectivity index (χ0n) is 10.5. The van der Waals surface area contributed by atoms with E-state index in [-0.39, 0.29) is 5.82 Å². The van der Waals surface area contributed by atoms with E-state index in [4.69, 9.17) is 5.73 Å². The molecule has 94 valence electrons. The largest absolute Gasteiger partial charge is 0.399 e. The molecule has 0 spiro atoms. The van der Waals surface area contributed by atoms with E-state index in [1.165, 1.54) is 22.1 Å². The van der Waals surface area contributed by atoms with E-state index in [1.54, 1.807) is 23.9 Å². The Morgan fingerprint density at radius 2 is 1.89 bits per heavy atom. The van der Waals surface area contributed by atoms with Crippen molar-refractivity contribution in [3.05, 3.63) is 58.9 Å². The third-order valence-corrected chi connectivity index (χ3v) is 4.01. The number of thioether (sulfide) groups is 1. The summed E-state index contributed by atoms with van der Waals surface area (Å²) in [6.07, 6.45) is 0. The maximum absolute atomic E-state index is 13.6. The number of aryl methyl sites for hydroxylation is 2. The van der Waals surface area contributed by atoms with Crippen molar-refractivity contribution in [1.29, 1.82) is 0 Å². The Labute approximate surface area is 111 Å². The molecule has 2 rings (SSSR count). The van der Waals surface area contributed by atoms with Gasteiger partial charge in [-0.3, -0.25) is 0 Å². The Morgan fingerprint density at radius 3 is 2.61 bits per heavy atom. The van der Waals surface area contributed by atoms with Gasteiger partial charge in [0.15, 0.2) is 0 Å². The molecule has 1 nitrogen and oxygen atoms in total. The summed E-state index contributed by atoms with van der Waals surface area (Å²) in [6, 6.07) is 11.2. The quantitative estimate of drug-likeness (QED) is 0.658. The van der Waals surface area contributed by atoms with E-state index < -0.39 is 0 Å². The molecule has 0 atom stereocenters. The second kappa shape index (κ2) is 5.44. The van der Waals surface area contributed by atoms with Gasteiger partial charge >= 0.3 is 0 Å². The molecule has 0 unspecified atom stereocenters. The van der Waals surface area contributed by atoms with Gasteiger partial charge in [-0.1, -0.05) is 23.8 Å². The molecule has 2 aromatic carbocycles. The van der Waals surface area contributed by atoms with Crippen LogP contribution in [0.2, 0.25) is 0 Å². The normalized spacial score (nSPS) is 10.6. The molecule has 0 saturated carbocycles. The summed E-state index contributed by atoms with van der Waals surface area (Å²) in [5.74, 6) is 0.393. The van der Waals surface area contributed by atoms with Crippen molar-refractivity contribution in [2.45, 2.75) is 24.5 Å². The van der Waals surface area contributed by atoms with Gasteiger partial charge in [0, 0.05) is 16.3 Å². The van der Waals surface area contributed by atoms with Crippen molar-refractivity contribution in [2.75, 3.05) is 5.73 Å². The zero-order chi connectivity index (χ0) is 13.1. The van der Waals surface area contributed by atoms with Crippen LogP contribution in [0.4, 0.5) is 10.1 Å². The molecule has 3 heteroatoms. The minimum absolute atomic E-state index is 0.229. The number of halogens is 1. The molecule has 0 heterocycles. The lowest BCUT2D eigenvalue weighted by molar-refractivity contribution is 0.618. The van der Waals surface area contributed by atoms with Crippen LogP contribution in [0.25, 0.3) is 0 Å². The average molecular weight is 261 g/mol. The van der Waals surface area contributed by atoms with E-state index in [1.807, 2.05) is 0 Å². The summed E-state index contributed by atoms with van der Waals surface area (Å²) in [6.45, 7) is 4.13. The monoisotopic (exact) mass is 261 g/mol. The van der Waals surface area contributed by atoms with Gasteiger partial charge in [-0.25, -0.2) is 4.39 Å². The van der Waals surface area contributed by atoms with Crippen LogP contribution in [0.1, 0.15) is 16.7 Å². The minimum Gasteiger partial charge on any atom is -0.399 e. The molecule has 18 heavy (non-hydrogen) atoms. The summed E-state index contributed by atoms with van der Waals surface area (Å²) in [4.78, 5) is 1.20. The second-order valence-corrected chi connectivity index (χ2v) is 5.43. The Morgan fingerprint density at radius 1 is 1.11 bits per heavy atom. The molecular formula is C15H16FNS. The fourth-order valence-corrected chi connectivity index (χ4v) is 2.81. The van der Waals surface area contributed by atoms with E-state index in [0.717, 1.165) is 0 Å². The van der Waals surface area contributed by atoms with Crippen molar-refractivity contribution in [3.63, 3.8) is 0 Å². The fourth-order valence-electron chi connectivity index (χ4n) is 1.70. The summed E-state index contributed by atoms with van der Waals surface area (Å²) in [5, 5.41) is 0. The van der Waals surface area contributed by atoms with Gasteiger partial charge in [0.2, 0.25) is 0 Å². The first-order chi connectivity index (χ1) is 8.56. The van der Waals surface area contributed by atoms with Gasteiger partial charge < -0.3 is 5.73 Å². The first-order valence-corrected chi connectivity index (χ1v) is 6.79. The molecule has 0 aliphatic heterocycles. The van der Waals surface area contributed by atoms with Crippen molar-refractivity contribution >= 4 is 17.4 Å². The number of hydrogen-bond acceptors (Lipinski definition) is 2. The number of nitrogen functional groups attached to an aromatic ring is 1. The van der Waals surface area contributed by atoms with Crippen LogP contribution in [0.3, 0.4) is 0 Å². The summed E-state index contributed by atoms with van der Waals surface area (Å²) >= 11 is 1.65. The molecule has 2 aromatic rings. The number of nitrogens with two attached hydrogens (primary N) is 1. The van der Waals surface area contributed by atoms with E-state index in [9.17, 15) is 4.39 Å². The van der Waals surface area contributed by atoms with E-state index >= 15 is 0 Å². The van der Waals surface area contributed by atoms with Crippen LogP contribution >= 0.6 is 11.8 Å². The predicted molar refractivity (Wildman–Crippen MR) is 76.3 cm³/mol. The first kappa shape index (κ1) is 13.0. The van der Waals surface area contributed by atoms with Gasteiger partial charge in [0.25, 0.3) is 0 Å². The van der Waals surface area contributed by atoms with E-state index in [0.29, 0.717) is 17.0 Å². The standard InChI is InChI=1S/C15H16FNS/c1-10-3-4-11(2)15(7-10)18-9-12-5-6-13(17)8-14(12)16/h3-8H,9,17H2,1-2H3. The van der Waals surface area contributed by atoms with Crippen LogP contribution in [0.15, 0.2) is 41.3 Å². The second-order valence-electron chi connectivity index (χ2n) is 4.41. The van der Waals surface area contributed by atoms with Crippen LogP contribution in [0.5, 0.6) is 0 Å². The Hall–Kier alpha value is -1.48. The number of hydrogen-bond donors (Lipinski definition) is 1. The summed E-state index contributed by atoms with van der Waals surface area (Å²) in [7, 11) is 0. The SMILES string of the molecule is Cc1ccc(C)c(SCc2ccc(N)cc2F)c1. The molecule has 0 aliphatic rings. The van der Waals surface area contributed by atoms with Crippen LogP contribution in [0, 0.1) is 19.7 Å². The van der Waals surface area contributed by atoms with Gasteiger partial charge in [0.05, 0.1) is 0 Å². The van der Waals surface area contributed by atoms with Crippen molar-refractivity contribution in [3.8, 4) is 0 Å². The Bertz CT molecular complexity index is 566. The smallest absolute Gasteiger partial charge is 0.129 e. The van der Waals surface area contributed by atoms with Gasteiger partial charge in [-0.15, -0.1) is 11.8 Å². The highest BCUT2D eigenvalue weighted by atomic mass is 32.2. The maximum Gasteiger partial charge on any atom is 0.129 e. The molecule has 0 radical (unpaired) electrons. The molecule has 0 aromatic heterocycles. The highest BCUT2D eigenvalue weighted by Crippen LogP contribution is 2.28. The molecule has 0 amide bonds. The molecular weight excluding hydrogens is 245 g/mol. The maximum atomic E-state index is 13.6. The van der Waals surface area contributed by atoms with Gasteiger partial charge in [0.1, 0.15) is 5.82 Å². The lowest BCUT2D eigenvalue weighted by Gasteiger charge is -2.08. The number of rotatable bonds is 3. The molecule has 0 saturated heterocycles. The molecule has 0 aliphatic carbocycles. The average Bonchev–Trinajstić information content (AvgIpc) is 2.32. The fraction of sp³-hybridized carbons (Fsp3) is 0.200.